The van der Waals surface area contributed by atoms with Crippen molar-refractivity contribution in [3.05, 3.63) is 64.4 Å². The van der Waals surface area contributed by atoms with Crippen LogP contribution in [0.2, 0.25) is 5.02 Å². The molecule has 0 aliphatic carbocycles. The van der Waals surface area contributed by atoms with Crippen LogP contribution in [0.3, 0.4) is 0 Å². The van der Waals surface area contributed by atoms with Crippen LogP contribution in [0.4, 0.5) is 4.39 Å². The molecule has 0 amide bonds. The van der Waals surface area contributed by atoms with Crippen LogP contribution in [-0.2, 0) is 14.8 Å². The minimum absolute atomic E-state index is 0.233. The van der Waals surface area contributed by atoms with Gasteiger partial charge in [0.15, 0.2) is 0 Å². The van der Waals surface area contributed by atoms with Gasteiger partial charge in [-0.3, -0.25) is 0 Å². The van der Waals surface area contributed by atoms with Crippen molar-refractivity contribution >= 4 is 27.6 Å². The van der Waals surface area contributed by atoms with Crippen LogP contribution in [-0.4, -0.2) is 21.4 Å². The van der Waals surface area contributed by atoms with Crippen LogP contribution in [0, 0.1) is 5.82 Å². The molecule has 0 aliphatic heterocycles. The molecule has 0 saturated carbocycles. The third kappa shape index (κ3) is 3.92. The second-order valence-electron chi connectivity index (χ2n) is 4.92. The predicted molar refractivity (Wildman–Crippen MR) is 87.9 cm³/mol. The first-order valence-corrected chi connectivity index (χ1v) is 8.81. The van der Waals surface area contributed by atoms with E-state index < -0.39 is 33.5 Å². The van der Waals surface area contributed by atoms with Gasteiger partial charge in [-0.25, -0.2) is 22.3 Å². The minimum atomic E-state index is -3.80. The van der Waals surface area contributed by atoms with E-state index in [2.05, 4.69) is 4.72 Å². The predicted octanol–water partition coefficient (Wildman–Crippen LogP) is 3.31. The molecule has 2 aromatic rings. The third-order valence-electron chi connectivity index (χ3n) is 3.36. The summed E-state index contributed by atoms with van der Waals surface area (Å²) in [6.07, 6.45) is -0.727. The molecule has 0 aromatic heterocycles. The topological polar surface area (TPSA) is 72.5 Å². The summed E-state index contributed by atoms with van der Waals surface area (Å²) >= 11 is 6.03. The van der Waals surface area contributed by atoms with E-state index in [1.54, 1.807) is 31.2 Å². The highest BCUT2D eigenvalue weighted by atomic mass is 35.5. The van der Waals surface area contributed by atoms with Gasteiger partial charge in [0.25, 0.3) is 0 Å². The van der Waals surface area contributed by atoms with E-state index in [9.17, 15) is 17.6 Å². The molecule has 0 aliphatic rings. The van der Waals surface area contributed by atoms with Crippen LogP contribution in [0.15, 0.2) is 47.4 Å². The standard InChI is InChI=1S/C16H15ClFNO4S/c1-10(12-5-3-4-6-14(12)17)23-16(20)13-9-11(7-8-15(13)18)24(21,22)19-2/h3-10,19H,1-2H3. The lowest BCUT2D eigenvalue weighted by atomic mass is 10.1. The van der Waals surface area contributed by atoms with Crippen LogP contribution >= 0.6 is 11.6 Å². The summed E-state index contributed by atoms with van der Waals surface area (Å²) in [7, 11) is -2.59. The van der Waals surface area contributed by atoms with Gasteiger partial charge in [-0.1, -0.05) is 29.8 Å². The Labute approximate surface area is 144 Å². The zero-order chi connectivity index (χ0) is 17.9. The normalized spacial score (nSPS) is 12.7. The van der Waals surface area contributed by atoms with Gasteiger partial charge in [0.1, 0.15) is 11.9 Å². The van der Waals surface area contributed by atoms with E-state index in [1.165, 1.54) is 7.05 Å². The number of hydrogen-bond donors (Lipinski definition) is 1. The molecule has 0 saturated heterocycles. The third-order valence-corrected chi connectivity index (χ3v) is 5.12. The summed E-state index contributed by atoms with van der Waals surface area (Å²) in [5, 5.41) is 0.407. The monoisotopic (exact) mass is 371 g/mol. The lowest BCUT2D eigenvalue weighted by molar-refractivity contribution is 0.0332. The fraction of sp³-hybridized carbons (Fsp3) is 0.188. The van der Waals surface area contributed by atoms with E-state index in [4.69, 9.17) is 16.3 Å². The van der Waals surface area contributed by atoms with Crippen molar-refractivity contribution in [2.45, 2.75) is 17.9 Å². The molecular formula is C16H15ClFNO4S. The molecule has 0 fully saturated rings. The Morgan fingerprint density at radius 3 is 2.54 bits per heavy atom. The Morgan fingerprint density at radius 1 is 1.25 bits per heavy atom. The number of ether oxygens (including phenoxy) is 1. The summed E-state index contributed by atoms with van der Waals surface area (Å²) < 4.78 is 44.8. The SMILES string of the molecule is CNS(=O)(=O)c1ccc(F)c(C(=O)OC(C)c2ccccc2Cl)c1. The molecule has 5 nitrogen and oxygen atoms in total. The van der Waals surface area contributed by atoms with Gasteiger partial charge in [0, 0.05) is 10.6 Å². The maximum atomic E-state index is 13.9. The van der Waals surface area contributed by atoms with E-state index in [1.807, 2.05) is 0 Å². The van der Waals surface area contributed by atoms with Crippen molar-refractivity contribution in [2.24, 2.45) is 0 Å². The largest absolute Gasteiger partial charge is 0.454 e. The Bertz CT molecular complexity index is 870. The first-order chi connectivity index (χ1) is 11.3. The number of benzene rings is 2. The van der Waals surface area contributed by atoms with Gasteiger partial charge >= 0.3 is 5.97 Å². The molecular weight excluding hydrogens is 357 g/mol. The van der Waals surface area contributed by atoms with Gasteiger partial charge in [-0.2, -0.15) is 0 Å². The second kappa shape index (κ2) is 7.29. The fourth-order valence-electron chi connectivity index (χ4n) is 2.04. The Kier molecular flexibility index (Phi) is 5.58. The van der Waals surface area contributed by atoms with Gasteiger partial charge < -0.3 is 4.74 Å². The highest BCUT2D eigenvalue weighted by Gasteiger charge is 2.22. The lowest BCUT2D eigenvalue weighted by Gasteiger charge is -2.15. The van der Waals surface area contributed by atoms with Gasteiger partial charge in [0.05, 0.1) is 10.5 Å². The summed E-state index contributed by atoms with van der Waals surface area (Å²) in [6, 6.07) is 9.68. The average Bonchev–Trinajstić information content (AvgIpc) is 2.55. The Morgan fingerprint density at radius 2 is 1.92 bits per heavy atom. The van der Waals surface area contributed by atoms with Crippen molar-refractivity contribution in [1.29, 1.82) is 0 Å². The zero-order valence-electron chi connectivity index (χ0n) is 12.9. The molecule has 0 heterocycles. The zero-order valence-corrected chi connectivity index (χ0v) is 14.5. The van der Waals surface area contributed by atoms with Crippen molar-refractivity contribution in [3.8, 4) is 0 Å². The first-order valence-electron chi connectivity index (χ1n) is 6.94. The lowest BCUT2D eigenvalue weighted by Crippen LogP contribution is -2.19. The molecule has 1 atom stereocenters. The van der Waals surface area contributed by atoms with E-state index in [0.717, 1.165) is 18.2 Å². The number of carbonyl (C=O) groups is 1. The molecule has 1 N–H and O–H groups in total. The number of esters is 1. The van der Waals surface area contributed by atoms with Crippen LogP contribution in [0.1, 0.15) is 28.9 Å². The smallest absolute Gasteiger partial charge is 0.341 e. The number of carbonyl (C=O) groups excluding carboxylic acids is 1. The van der Waals surface area contributed by atoms with Crippen LogP contribution in [0.25, 0.3) is 0 Å². The minimum Gasteiger partial charge on any atom is -0.454 e. The van der Waals surface area contributed by atoms with Gasteiger partial charge in [-0.15, -0.1) is 0 Å². The number of halogens is 2. The number of hydrogen-bond acceptors (Lipinski definition) is 4. The Balaban J connectivity index is 2.30. The summed E-state index contributed by atoms with van der Waals surface area (Å²) in [4.78, 5) is 12.0. The molecule has 8 heteroatoms. The quantitative estimate of drug-likeness (QED) is 0.818. The fourth-order valence-corrected chi connectivity index (χ4v) is 3.08. The Hall–Kier alpha value is -1.96. The maximum absolute atomic E-state index is 13.9. The van der Waals surface area contributed by atoms with Crippen molar-refractivity contribution < 1.29 is 22.3 Å². The molecule has 0 bridgehead atoms. The molecule has 24 heavy (non-hydrogen) atoms. The number of nitrogens with one attached hydrogen (secondary N) is 1. The summed E-state index contributed by atoms with van der Waals surface area (Å²) in [6.45, 7) is 1.59. The van der Waals surface area contributed by atoms with Gasteiger partial charge in [-0.05, 0) is 38.2 Å². The maximum Gasteiger partial charge on any atom is 0.341 e. The average molecular weight is 372 g/mol. The highest BCUT2D eigenvalue weighted by Crippen LogP contribution is 2.26. The number of rotatable bonds is 5. The molecule has 2 aromatic carbocycles. The van der Waals surface area contributed by atoms with E-state index in [-0.39, 0.29) is 4.90 Å². The van der Waals surface area contributed by atoms with Crippen molar-refractivity contribution in [2.75, 3.05) is 7.05 Å². The summed E-state index contributed by atoms with van der Waals surface area (Å²) in [5.41, 5.74) is 0.0946. The second-order valence-corrected chi connectivity index (χ2v) is 7.21. The molecule has 2 rings (SSSR count). The van der Waals surface area contributed by atoms with Crippen molar-refractivity contribution in [1.82, 2.24) is 4.72 Å². The van der Waals surface area contributed by atoms with Gasteiger partial charge in [0.2, 0.25) is 10.0 Å². The van der Waals surface area contributed by atoms with Crippen molar-refractivity contribution in [3.63, 3.8) is 0 Å². The molecule has 128 valence electrons. The van der Waals surface area contributed by atoms with E-state index >= 15 is 0 Å². The first kappa shape index (κ1) is 18.4. The van der Waals surface area contributed by atoms with Crippen LogP contribution < -0.4 is 4.72 Å². The molecule has 0 radical (unpaired) electrons. The molecule has 0 spiro atoms. The number of sulfonamides is 1. The van der Waals surface area contributed by atoms with E-state index in [0.29, 0.717) is 10.6 Å². The highest BCUT2D eigenvalue weighted by molar-refractivity contribution is 7.89. The molecule has 1 unspecified atom stereocenters. The summed E-state index contributed by atoms with van der Waals surface area (Å²) in [5.74, 6) is -1.85. The van der Waals surface area contributed by atoms with Crippen LogP contribution in [0.5, 0.6) is 0 Å².